The van der Waals surface area contributed by atoms with Gasteiger partial charge in [0.25, 0.3) is 0 Å². The summed E-state index contributed by atoms with van der Waals surface area (Å²) in [5.74, 6) is -0.958. The molecule has 0 bridgehead atoms. The van der Waals surface area contributed by atoms with Gasteiger partial charge in [-0.2, -0.15) is 0 Å². The Labute approximate surface area is 78.3 Å². The number of carboxylic acids is 1. The van der Waals surface area contributed by atoms with Gasteiger partial charge in [0.2, 0.25) is 0 Å². The van der Waals surface area contributed by atoms with Crippen molar-refractivity contribution in [1.29, 1.82) is 0 Å². The van der Waals surface area contributed by atoms with Gasteiger partial charge in [0, 0.05) is 10.2 Å². The second-order valence-electron chi connectivity index (χ2n) is 2.48. The monoisotopic (exact) mass is 229 g/mol. The maximum atomic E-state index is 10.6. The maximum absolute atomic E-state index is 10.6. The zero-order chi connectivity index (χ0) is 9.30. The summed E-state index contributed by atoms with van der Waals surface area (Å²) in [6.45, 7) is 1.73. The summed E-state index contributed by atoms with van der Waals surface area (Å²) in [5.41, 5.74) is 6.85. The highest BCUT2D eigenvalue weighted by molar-refractivity contribution is 9.10. The molecule has 0 saturated carbocycles. The molecule has 0 aliphatic rings. The van der Waals surface area contributed by atoms with E-state index in [2.05, 4.69) is 15.9 Å². The number of carboxylic acid groups (broad SMARTS) is 1. The standard InChI is InChI=1S/C8H8BrNO2/c1-4-6(8(11)12)2-5(10)3-7(4)9/h2-3H,10H2,1H3,(H,11,12). The Morgan fingerprint density at radius 3 is 2.67 bits per heavy atom. The first-order valence-electron chi connectivity index (χ1n) is 3.31. The van der Waals surface area contributed by atoms with Gasteiger partial charge in [-0.1, -0.05) is 15.9 Å². The van der Waals surface area contributed by atoms with Gasteiger partial charge >= 0.3 is 5.97 Å². The van der Waals surface area contributed by atoms with Crippen molar-refractivity contribution in [3.8, 4) is 0 Å². The third kappa shape index (κ3) is 1.58. The summed E-state index contributed by atoms with van der Waals surface area (Å²) in [7, 11) is 0. The Kier molecular flexibility index (Phi) is 2.38. The molecule has 0 aliphatic heterocycles. The fourth-order valence-electron chi connectivity index (χ4n) is 0.922. The smallest absolute Gasteiger partial charge is 0.336 e. The predicted octanol–water partition coefficient (Wildman–Crippen LogP) is 2.04. The highest BCUT2D eigenvalue weighted by Gasteiger charge is 2.09. The van der Waals surface area contributed by atoms with Gasteiger partial charge in [0.05, 0.1) is 5.56 Å². The normalized spacial score (nSPS) is 9.83. The van der Waals surface area contributed by atoms with E-state index < -0.39 is 5.97 Å². The molecule has 0 heterocycles. The molecule has 12 heavy (non-hydrogen) atoms. The van der Waals surface area contributed by atoms with Gasteiger partial charge in [-0.15, -0.1) is 0 Å². The van der Waals surface area contributed by atoms with Crippen molar-refractivity contribution < 1.29 is 9.90 Å². The number of carbonyl (C=O) groups is 1. The van der Waals surface area contributed by atoms with Crippen LogP contribution in [0.4, 0.5) is 5.69 Å². The van der Waals surface area contributed by atoms with Crippen LogP contribution in [0.25, 0.3) is 0 Å². The van der Waals surface area contributed by atoms with Crippen LogP contribution in [-0.2, 0) is 0 Å². The lowest BCUT2D eigenvalue weighted by molar-refractivity contribution is 0.0696. The van der Waals surface area contributed by atoms with Crippen LogP contribution in [0.2, 0.25) is 0 Å². The number of rotatable bonds is 1. The minimum atomic E-state index is -0.958. The molecular formula is C8H8BrNO2. The molecule has 0 spiro atoms. The number of nitrogen functional groups attached to an aromatic ring is 1. The molecule has 0 amide bonds. The highest BCUT2D eigenvalue weighted by Crippen LogP contribution is 2.23. The van der Waals surface area contributed by atoms with Crippen molar-refractivity contribution >= 4 is 27.6 Å². The lowest BCUT2D eigenvalue weighted by Gasteiger charge is -2.04. The van der Waals surface area contributed by atoms with Crippen molar-refractivity contribution in [3.63, 3.8) is 0 Å². The van der Waals surface area contributed by atoms with E-state index in [1.807, 2.05) is 0 Å². The Hall–Kier alpha value is -1.03. The second kappa shape index (κ2) is 3.15. The maximum Gasteiger partial charge on any atom is 0.336 e. The largest absolute Gasteiger partial charge is 0.478 e. The van der Waals surface area contributed by atoms with Crippen molar-refractivity contribution in [2.24, 2.45) is 0 Å². The molecule has 0 aromatic heterocycles. The molecule has 1 aromatic carbocycles. The number of hydrogen-bond acceptors (Lipinski definition) is 2. The van der Waals surface area contributed by atoms with Crippen LogP contribution >= 0.6 is 15.9 Å². The van der Waals surface area contributed by atoms with E-state index in [-0.39, 0.29) is 5.56 Å². The SMILES string of the molecule is Cc1c(Br)cc(N)cc1C(=O)O. The lowest BCUT2D eigenvalue weighted by Crippen LogP contribution is -2.01. The Morgan fingerprint density at radius 1 is 1.58 bits per heavy atom. The van der Waals surface area contributed by atoms with E-state index in [0.717, 1.165) is 4.47 Å². The van der Waals surface area contributed by atoms with E-state index in [1.54, 1.807) is 13.0 Å². The third-order valence-electron chi connectivity index (χ3n) is 1.60. The molecule has 1 aromatic rings. The summed E-state index contributed by atoms with van der Waals surface area (Å²) in [6.07, 6.45) is 0. The van der Waals surface area contributed by atoms with Crippen LogP contribution in [0.15, 0.2) is 16.6 Å². The molecule has 0 atom stereocenters. The number of benzene rings is 1. The molecular weight excluding hydrogens is 222 g/mol. The summed E-state index contributed by atoms with van der Waals surface area (Å²) < 4.78 is 0.722. The average molecular weight is 230 g/mol. The Balaban J connectivity index is 3.37. The highest BCUT2D eigenvalue weighted by atomic mass is 79.9. The fourth-order valence-corrected chi connectivity index (χ4v) is 1.40. The van der Waals surface area contributed by atoms with Crippen molar-refractivity contribution in [3.05, 3.63) is 27.7 Å². The van der Waals surface area contributed by atoms with E-state index in [9.17, 15) is 4.79 Å². The van der Waals surface area contributed by atoms with Crippen LogP contribution in [0, 0.1) is 6.92 Å². The number of nitrogens with two attached hydrogens (primary N) is 1. The molecule has 64 valence electrons. The van der Waals surface area contributed by atoms with Gasteiger partial charge in [-0.05, 0) is 24.6 Å². The van der Waals surface area contributed by atoms with Crippen LogP contribution in [0.3, 0.4) is 0 Å². The van der Waals surface area contributed by atoms with Gasteiger partial charge in [0.15, 0.2) is 0 Å². The molecule has 0 radical (unpaired) electrons. The van der Waals surface area contributed by atoms with Gasteiger partial charge in [-0.3, -0.25) is 0 Å². The first-order valence-corrected chi connectivity index (χ1v) is 4.10. The number of hydrogen-bond donors (Lipinski definition) is 2. The second-order valence-corrected chi connectivity index (χ2v) is 3.33. The van der Waals surface area contributed by atoms with Crippen LogP contribution < -0.4 is 5.73 Å². The summed E-state index contributed by atoms with van der Waals surface area (Å²) >= 11 is 3.22. The molecule has 4 heteroatoms. The summed E-state index contributed by atoms with van der Waals surface area (Å²) in [5, 5.41) is 8.74. The van der Waals surface area contributed by atoms with Crippen LogP contribution in [-0.4, -0.2) is 11.1 Å². The van der Waals surface area contributed by atoms with Gasteiger partial charge < -0.3 is 10.8 Å². The molecule has 0 aliphatic carbocycles. The first kappa shape index (κ1) is 9.06. The minimum Gasteiger partial charge on any atom is -0.478 e. The molecule has 1 rings (SSSR count). The lowest BCUT2D eigenvalue weighted by atomic mass is 10.1. The van der Waals surface area contributed by atoms with Crippen molar-refractivity contribution in [2.45, 2.75) is 6.92 Å². The van der Waals surface area contributed by atoms with E-state index >= 15 is 0 Å². The van der Waals surface area contributed by atoms with E-state index in [1.165, 1.54) is 6.07 Å². The Morgan fingerprint density at radius 2 is 2.17 bits per heavy atom. The zero-order valence-electron chi connectivity index (χ0n) is 6.47. The van der Waals surface area contributed by atoms with Gasteiger partial charge in [0.1, 0.15) is 0 Å². The Bertz CT molecular complexity index is 336. The molecule has 0 unspecified atom stereocenters. The quantitative estimate of drug-likeness (QED) is 0.725. The summed E-state index contributed by atoms with van der Waals surface area (Å²) in [6, 6.07) is 3.13. The van der Waals surface area contributed by atoms with Crippen molar-refractivity contribution in [1.82, 2.24) is 0 Å². The third-order valence-corrected chi connectivity index (χ3v) is 2.42. The minimum absolute atomic E-state index is 0.238. The molecule has 0 saturated heterocycles. The van der Waals surface area contributed by atoms with Gasteiger partial charge in [-0.25, -0.2) is 4.79 Å². The van der Waals surface area contributed by atoms with E-state index in [0.29, 0.717) is 11.3 Å². The van der Waals surface area contributed by atoms with E-state index in [4.69, 9.17) is 10.8 Å². The topological polar surface area (TPSA) is 63.3 Å². The van der Waals surface area contributed by atoms with Crippen molar-refractivity contribution in [2.75, 3.05) is 5.73 Å². The summed E-state index contributed by atoms with van der Waals surface area (Å²) in [4.78, 5) is 10.6. The van der Waals surface area contributed by atoms with Crippen LogP contribution in [0.5, 0.6) is 0 Å². The molecule has 3 nitrogen and oxygen atoms in total. The first-order chi connectivity index (χ1) is 5.52. The molecule has 3 N–H and O–H groups in total. The van der Waals surface area contributed by atoms with Crippen LogP contribution in [0.1, 0.15) is 15.9 Å². The number of anilines is 1. The predicted molar refractivity (Wildman–Crippen MR) is 50.3 cm³/mol. The number of aromatic carboxylic acids is 1. The fraction of sp³-hybridized carbons (Fsp3) is 0.125. The number of halogens is 1. The average Bonchev–Trinajstić information content (AvgIpc) is 1.96. The zero-order valence-corrected chi connectivity index (χ0v) is 8.05. The molecule has 0 fully saturated rings.